The number of aryl methyl sites for hydroxylation is 1. The molecule has 170 valence electrons. The summed E-state index contributed by atoms with van der Waals surface area (Å²) in [4.78, 5) is 4.42. The summed E-state index contributed by atoms with van der Waals surface area (Å²) in [6.45, 7) is 8.76. The normalized spacial score (nSPS) is 11.6. The van der Waals surface area contributed by atoms with Gasteiger partial charge in [0.15, 0.2) is 0 Å². The Morgan fingerprint density at radius 2 is 1.84 bits per heavy atom. The molecule has 0 fully saturated rings. The standard InChI is InChI=1S/C26H32ClFN4/c1-18(29)26(2,3)14-8-4-5-9-19-10-6-7-11-21(19)17-32-24(30)16-31-25(32)20-12-13-22(27)23(28)15-20/h6-7,10-13,15-16H,1,4-5,8-9,14,17,29-30H2,2-3H3. The lowest BCUT2D eigenvalue weighted by atomic mass is 9.84. The molecule has 1 heterocycles. The lowest BCUT2D eigenvalue weighted by molar-refractivity contribution is 0.382. The number of hydrogen-bond donors (Lipinski definition) is 2. The number of rotatable bonds is 10. The van der Waals surface area contributed by atoms with Crippen LogP contribution in [0.5, 0.6) is 0 Å². The Balaban J connectivity index is 1.70. The summed E-state index contributed by atoms with van der Waals surface area (Å²) in [7, 11) is 0. The second kappa shape index (κ2) is 10.2. The third-order valence-corrected chi connectivity index (χ3v) is 6.43. The Morgan fingerprint density at radius 1 is 1.12 bits per heavy atom. The molecule has 0 amide bonds. The van der Waals surface area contributed by atoms with Crippen LogP contribution in [0.4, 0.5) is 10.2 Å². The van der Waals surface area contributed by atoms with Gasteiger partial charge in [0.1, 0.15) is 17.5 Å². The van der Waals surface area contributed by atoms with Crippen LogP contribution in [0.15, 0.2) is 60.9 Å². The number of nitrogens with two attached hydrogens (primary N) is 2. The topological polar surface area (TPSA) is 69.9 Å². The summed E-state index contributed by atoms with van der Waals surface area (Å²) >= 11 is 5.84. The fraction of sp³-hybridized carbons (Fsp3) is 0.346. The van der Waals surface area contributed by atoms with Gasteiger partial charge in [-0.3, -0.25) is 0 Å². The first kappa shape index (κ1) is 23.9. The van der Waals surface area contributed by atoms with Crippen LogP contribution >= 0.6 is 11.6 Å². The molecule has 0 unspecified atom stereocenters. The van der Waals surface area contributed by atoms with Gasteiger partial charge in [-0.25, -0.2) is 9.37 Å². The van der Waals surface area contributed by atoms with Crippen molar-refractivity contribution in [3.05, 3.63) is 82.9 Å². The van der Waals surface area contributed by atoms with Crippen LogP contribution in [0.3, 0.4) is 0 Å². The van der Waals surface area contributed by atoms with Gasteiger partial charge in [-0.15, -0.1) is 0 Å². The lowest BCUT2D eigenvalue weighted by Gasteiger charge is -2.24. The molecule has 0 aliphatic rings. The molecule has 3 aromatic rings. The summed E-state index contributed by atoms with van der Waals surface area (Å²) in [5.74, 6) is 0.686. The number of benzene rings is 2. The maximum atomic E-state index is 14.0. The molecule has 0 bridgehead atoms. The largest absolute Gasteiger partial charge is 0.402 e. The number of anilines is 1. The Kier molecular flexibility index (Phi) is 7.62. The van der Waals surface area contributed by atoms with Crippen molar-refractivity contribution in [2.24, 2.45) is 11.1 Å². The van der Waals surface area contributed by atoms with Gasteiger partial charge in [-0.05, 0) is 48.6 Å². The number of nitrogens with zero attached hydrogens (tertiary/aromatic N) is 2. The quantitative estimate of drug-likeness (QED) is 0.340. The maximum Gasteiger partial charge on any atom is 0.142 e. The number of halogens is 2. The first-order valence-electron chi connectivity index (χ1n) is 11.0. The minimum absolute atomic E-state index is 0.0194. The van der Waals surface area contributed by atoms with Crippen LogP contribution in [0.2, 0.25) is 5.02 Å². The molecule has 0 saturated heterocycles. The Labute approximate surface area is 195 Å². The zero-order chi connectivity index (χ0) is 23.3. The van der Waals surface area contributed by atoms with Gasteiger partial charge in [0.25, 0.3) is 0 Å². The van der Waals surface area contributed by atoms with Gasteiger partial charge in [0.05, 0.1) is 17.8 Å². The first-order valence-corrected chi connectivity index (χ1v) is 11.3. The van der Waals surface area contributed by atoms with Gasteiger partial charge in [-0.1, -0.05) is 69.1 Å². The maximum absolute atomic E-state index is 14.0. The minimum atomic E-state index is -0.473. The van der Waals surface area contributed by atoms with E-state index in [2.05, 4.69) is 43.6 Å². The van der Waals surface area contributed by atoms with Gasteiger partial charge >= 0.3 is 0 Å². The number of imidazole rings is 1. The summed E-state index contributed by atoms with van der Waals surface area (Å²) in [5, 5.41) is 0.0874. The highest BCUT2D eigenvalue weighted by Gasteiger charge is 2.19. The molecular weight excluding hydrogens is 423 g/mol. The van der Waals surface area contributed by atoms with E-state index in [1.807, 2.05) is 10.6 Å². The predicted octanol–water partition coefficient (Wildman–Crippen LogP) is 6.57. The van der Waals surface area contributed by atoms with E-state index in [4.69, 9.17) is 23.1 Å². The van der Waals surface area contributed by atoms with E-state index in [1.165, 1.54) is 23.3 Å². The molecule has 0 aliphatic heterocycles. The average molecular weight is 455 g/mol. The van der Waals surface area contributed by atoms with E-state index in [0.717, 1.165) is 37.8 Å². The van der Waals surface area contributed by atoms with Crippen molar-refractivity contribution < 1.29 is 4.39 Å². The molecule has 0 radical (unpaired) electrons. The zero-order valence-electron chi connectivity index (χ0n) is 18.9. The smallest absolute Gasteiger partial charge is 0.142 e. The second-order valence-corrected chi connectivity index (χ2v) is 9.37. The third kappa shape index (κ3) is 5.71. The lowest BCUT2D eigenvalue weighted by Crippen LogP contribution is -2.19. The summed E-state index contributed by atoms with van der Waals surface area (Å²) < 4.78 is 15.9. The van der Waals surface area contributed by atoms with Gasteiger partial charge < -0.3 is 16.0 Å². The van der Waals surface area contributed by atoms with Crippen molar-refractivity contribution in [3.63, 3.8) is 0 Å². The van der Waals surface area contributed by atoms with E-state index >= 15 is 0 Å². The highest BCUT2D eigenvalue weighted by atomic mass is 35.5. The van der Waals surface area contributed by atoms with Crippen LogP contribution in [0.25, 0.3) is 11.4 Å². The van der Waals surface area contributed by atoms with Crippen molar-refractivity contribution >= 4 is 17.4 Å². The Bertz CT molecular complexity index is 1090. The first-order chi connectivity index (χ1) is 15.2. The SMILES string of the molecule is C=C(N)C(C)(C)CCCCCc1ccccc1Cn1c(N)cnc1-c1ccc(Cl)c(F)c1. The van der Waals surface area contributed by atoms with E-state index < -0.39 is 5.82 Å². The molecule has 32 heavy (non-hydrogen) atoms. The highest BCUT2D eigenvalue weighted by Crippen LogP contribution is 2.29. The van der Waals surface area contributed by atoms with Crippen molar-refractivity contribution in [1.29, 1.82) is 0 Å². The van der Waals surface area contributed by atoms with Crippen LogP contribution in [0, 0.1) is 11.2 Å². The van der Waals surface area contributed by atoms with E-state index in [1.54, 1.807) is 12.3 Å². The number of nitrogen functional groups attached to an aromatic ring is 1. The van der Waals surface area contributed by atoms with Crippen LogP contribution in [-0.4, -0.2) is 9.55 Å². The minimum Gasteiger partial charge on any atom is -0.402 e. The predicted molar refractivity (Wildman–Crippen MR) is 132 cm³/mol. The molecule has 0 aliphatic carbocycles. The van der Waals surface area contributed by atoms with Crippen molar-refractivity contribution in [3.8, 4) is 11.4 Å². The van der Waals surface area contributed by atoms with Gasteiger partial charge in [0.2, 0.25) is 0 Å². The number of hydrogen-bond acceptors (Lipinski definition) is 3. The van der Waals surface area contributed by atoms with Crippen LogP contribution in [-0.2, 0) is 13.0 Å². The summed E-state index contributed by atoms with van der Waals surface area (Å²) in [5.41, 5.74) is 16.0. The van der Waals surface area contributed by atoms with Crippen molar-refractivity contribution in [2.45, 2.75) is 52.5 Å². The monoisotopic (exact) mass is 454 g/mol. The average Bonchev–Trinajstić information content (AvgIpc) is 3.11. The Hall–Kier alpha value is -2.79. The number of allylic oxidation sites excluding steroid dienone is 1. The zero-order valence-corrected chi connectivity index (χ0v) is 19.6. The Morgan fingerprint density at radius 3 is 2.53 bits per heavy atom. The number of unbranched alkanes of at least 4 members (excludes halogenated alkanes) is 2. The molecule has 2 aromatic carbocycles. The molecule has 4 N–H and O–H groups in total. The summed E-state index contributed by atoms with van der Waals surface area (Å²) in [6.07, 6.45) is 6.98. The van der Waals surface area contributed by atoms with E-state index in [-0.39, 0.29) is 10.4 Å². The molecule has 0 saturated carbocycles. The van der Waals surface area contributed by atoms with Crippen LogP contribution in [0.1, 0.15) is 50.7 Å². The fourth-order valence-electron chi connectivity index (χ4n) is 3.77. The van der Waals surface area contributed by atoms with Crippen LogP contribution < -0.4 is 11.5 Å². The molecule has 6 heteroatoms. The molecule has 1 aromatic heterocycles. The highest BCUT2D eigenvalue weighted by molar-refractivity contribution is 6.30. The molecule has 3 rings (SSSR count). The van der Waals surface area contributed by atoms with Crippen molar-refractivity contribution in [1.82, 2.24) is 9.55 Å². The fourth-order valence-corrected chi connectivity index (χ4v) is 3.88. The molecular formula is C26H32ClFN4. The molecule has 4 nitrogen and oxygen atoms in total. The molecule has 0 atom stereocenters. The summed E-state index contributed by atoms with van der Waals surface area (Å²) in [6, 6.07) is 13.1. The van der Waals surface area contributed by atoms with Crippen molar-refractivity contribution in [2.75, 3.05) is 5.73 Å². The molecule has 0 spiro atoms. The number of aromatic nitrogens is 2. The van der Waals surface area contributed by atoms with E-state index in [0.29, 0.717) is 23.8 Å². The van der Waals surface area contributed by atoms with Gasteiger partial charge in [-0.2, -0.15) is 0 Å². The third-order valence-electron chi connectivity index (χ3n) is 6.13. The second-order valence-electron chi connectivity index (χ2n) is 8.96. The van der Waals surface area contributed by atoms with E-state index in [9.17, 15) is 4.39 Å². The van der Waals surface area contributed by atoms with Gasteiger partial charge in [0, 0.05) is 16.7 Å².